The van der Waals surface area contributed by atoms with Crippen molar-refractivity contribution >= 4 is 43.1 Å². The number of fused-ring (bicyclic) bond motifs is 4. The lowest BCUT2D eigenvalue weighted by Crippen LogP contribution is -1.94. The Hall–Kier alpha value is -4.56. The molecule has 2 nitrogen and oxygen atoms in total. The maximum atomic E-state index is 4.93. The summed E-state index contributed by atoms with van der Waals surface area (Å²) in [5.74, 6) is 0. The topological polar surface area (TPSA) is 25.8 Å². The molecule has 0 saturated carbocycles. The van der Waals surface area contributed by atoms with Crippen LogP contribution in [0.5, 0.6) is 0 Å². The number of hydrogen-bond donors (Lipinski definition) is 0. The first-order chi connectivity index (χ1) is 17.3. The lowest BCUT2D eigenvalue weighted by atomic mass is 9.87. The molecule has 0 unspecified atom stereocenters. The van der Waals surface area contributed by atoms with E-state index < -0.39 is 0 Å². The maximum Gasteiger partial charge on any atom is 0.0720 e. The molecule has 0 bridgehead atoms. The van der Waals surface area contributed by atoms with E-state index in [0.717, 1.165) is 22.2 Å². The number of benzene rings is 5. The van der Waals surface area contributed by atoms with Gasteiger partial charge in [0.25, 0.3) is 0 Å². The Balaban J connectivity index is 1.63. The zero-order valence-electron chi connectivity index (χ0n) is 19.4. The average molecular weight is 447 g/mol. The van der Waals surface area contributed by atoms with Crippen molar-refractivity contribution in [3.8, 4) is 22.5 Å². The Kier molecular flexibility index (Phi) is 4.40. The molecule has 5 aromatic carbocycles. The number of aryl methyl sites for hydroxylation is 1. The summed E-state index contributed by atoms with van der Waals surface area (Å²) in [6.07, 6.45) is 3.97. The van der Waals surface area contributed by atoms with Crippen molar-refractivity contribution < 1.29 is 0 Å². The third-order valence-corrected chi connectivity index (χ3v) is 6.95. The van der Waals surface area contributed by atoms with E-state index in [4.69, 9.17) is 9.97 Å². The van der Waals surface area contributed by atoms with Crippen molar-refractivity contribution in [2.75, 3.05) is 0 Å². The molecule has 0 saturated heterocycles. The van der Waals surface area contributed by atoms with Crippen molar-refractivity contribution in [3.05, 3.63) is 121 Å². The van der Waals surface area contributed by atoms with Crippen LogP contribution in [0.25, 0.3) is 65.6 Å². The van der Waals surface area contributed by atoms with Gasteiger partial charge in [-0.05, 0) is 51.4 Å². The van der Waals surface area contributed by atoms with Gasteiger partial charge in [0.05, 0.1) is 11.4 Å². The summed E-state index contributed by atoms with van der Waals surface area (Å²) in [7, 11) is 0. The number of aromatic nitrogens is 2. The van der Waals surface area contributed by atoms with E-state index in [9.17, 15) is 0 Å². The van der Waals surface area contributed by atoms with Gasteiger partial charge in [0, 0.05) is 34.3 Å². The van der Waals surface area contributed by atoms with Crippen molar-refractivity contribution in [3.63, 3.8) is 0 Å². The minimum absolute atomic E-state index is 0.992. The van der Waals surface area contributed by atoms with Crippen LogP contribution < -0.4 is 0 Å². The number of rotatable bonds is 2. The largest absolute Gasteiger partial charge is 0.256 e. The van der Waals surface area contributed by atoms with E-state index in [1.54, 1.807) is 0 Å². The molecule has 35 heavy (non-hydrogen) atoms. The second kappa shape index (κ2) is 7.75. The monoisotopic (exact) mass is 446 g/mol. The Labute approximate surface area is 203 Å². The van der Waals surface area contributed by atoms with Crippen LogP contribution >= 0.6 is 0 Å². The second-order valence-corrected chi connectivity index (χ2v) is 9.18. The van der Waals surface area contributed by atoms with Crippen LogP contribution in [0.15, 0.2) is 116 Å². The number of pyridine rings is 2. The molecule has 0 aliphatic carbocycles. The molecular weight excluding hydrogens is 424 g/mol. The highest BCUT2D eigenvalue weighted by Crippen LogP contribution is 2.43. The lowest BCUT2D eigenvalue weighted by Gasteiger charge is -2.17. The SMILES string of the molecule is Cc1ccc2c(-c3cc4ccccc4cn3)c3ccccc3c(-c3cc4ccccc4cn3)c2c1. The van der Waals surface area contributed by atoms with Crippen LogP contribution in [0.3, 0.4) is 0 Å². The Morgan fingerprint density at radius 3 is 1.46 bits per heavy atom. The van der Waals surface area contributed by atoms with Crippen LogP contribution in [-0.4, -0.2) is 9.97 Å². The van der Waals surface area contributed by atoms with Crippen LogP contribution in [0, 0.1) is 6.92 Å². The first kappa shape index (κ1) is 19.9. The number of nitrogens with zero attached hydrogens (tertiary/aromatic N) is 2. The predicted octanol–water partition coefficient (Wildman–Crippen LogP) is 8.73. The van der Waals surface area contributed by atoms with Gasteiger partial charge in [0.15, 0.2) is 0 Å². The molecule has 0 N–H and O–H groups in total. The van der Waals surface area contributed by atoms with Gasteiger partial charge in [-0.15, -0.1) is 0 Å². The summed E-state index contributed by atoms with van der Waals surface area (Å²) in [6.45, 7) is 2.15. The normalized spacial score (nSPS) is 11.6. The first-order valence-electron chi connectivity index (χ1n) is 11.9. The molecule has 0 atom stereocenters. The standard InChI is InChI=1S/C33H22N2/c1-21-14-15-28-29(16-21)33(31-18-23-9-3-5-11-25(23)20-35-31)27-13-7-6-12-26(27)32(28)30-17-22-8-2-4-10-24(22)19-34-30/h2-20H,1H3. The van der Waals surface area contributed by atoms with Crippen molar-refractivity contribution in [2.24, 2.45) is 0 Å². The summed E-state index contributed by atoms with van der Waals surface area (Å²) in [5, 5.41) is 9.48. The van der Waals surface area contributed by atoms with Gasteiger partial charge in [0.2, 0.25) is 0 Å². The molecule has 0 radical (unpaired) electrons. The van der Waals surface area contributed by atoms with E-state index in [-0.39, 0.29) is 0 Å². The Morgan fingerprint density at radius 1 is 0.429 bits per heavy atom. The fourth-order valence-electron chi connectivity index (χ4n) is 5.28. The van der Waals surface area contributed by atoms with Gasteiger partial charge in [-0.2, -0.15) is 0 Å². The van der Waals surface area contributed by atoms with Gasteiger partial charge in [0.1, 0.15) is 0 Å². The molecule has 0 aliphatic rings. The predicted molar refractivity (Wildman–Crippen MR) is 148 cm³/mol. The van der Waals surface area contributed by atoms with E-state index >= 15 is 0 Å². The molecule has 2 heteroatoms. The Morgan fingerprint density at radius 2 is 0.886 bits per heavy atom. The first-order valence-corrected chi connectivity index (χ1v) is 11.9. The van der Waals surface area contributed by atoms with Gasteiger partial charge in [-0.25, -0.2) is 0 Å². The molecule has 2 aromatic heterocycles. The van der Waals surface area contributed by atoms with Crippen molar-refractivity contribution in [1.29, 1.82) is 0 Å². The molecule has 0 aliphatic heterocycles. The van der Waals surface area contributed by atoms with E-state index in [1.807, 2.05) is 12.4 Å². The molecule has 164 valence electrons. The molecule has 7 rings (SSSR count). The summed E-state index contributed by atoms with van der Waals surface area (Å²) >= 11 is 0. The third-order valence-electron chi connectivity index (χ3n) is 6.95. The van der Waals surface area contributed by atoms with Gasteiger partial charge >= 0.3 is 0 Å². The van der Waals surface area contributed by atoms with Crippen LogP contribution in [0.1, 0.15) is 5.56 Å². The fourth-order valence-corrected chi connectivity index (χ4v) is 5.28. The molecular formula is C33H22N2. The number of hydrogen-bond acceptors (Lipinski definition) is 2. The molecule has 0 fully saturated rings. The highest BCUT2D eigenvalue weighted by Gasteiger charge is 2.18. The van der Waals surface area contributed by atoms with Gasteiger partial charge in [-0.1, -0.05) is 96.6 Å². The van der Waals surface area contributed by atoms with Crippen molar-refractivity contribution in [2.45, 2.75) is 6.92 Å². The zero-order chi connectivity index (χ0) is 23.4. The van der Waals surface area contributed by atoms with Gasteiger partial charge < -0.3 is 0 Å². The lowest BCUT2D eigenvalue weighted by molar-refractivity contribution is 1.36. The smallest absolute Gasteiger partial charge is 0.0720 e. The molecule has 7 aromatic rings. The van der Waals surface area contributed by atoms with Crippen LogP contribution in [-0.2, 0) is 0 Å². The molecule has 0 spiro atoms. The molecule has 2 heterocycles. The van der Waals surface area contributed by atoms with Gasteiger partial charge in [-0.3, -0.25) is 9.97 Å². The zero-order valence-corrected chi connectivity index (χ0v) is 19.4. The van der Waals surface area contributed by atoms with Crippen LogP contribution in [0.4, 0.5) is 0 Å². The Bertz CT molecular complexity index is 1920. The van der Waals surface area contributed by atoms with Crippen molar-refractivity contribution in [1.82, 2.24) is 9.97 Å². The quantitative estimate of drug-likeness (QED) is 0.248. The van der Waals surface area contributed by atoms with E-state index in [2.05, 4.69) is 110 Å². The summed E-state index contributed by atoms with van der Waals surface area (Å²) in [5.41, 5.74) is 5.56. The minimum Gasteiger partial charge on any atom is -0.256 e. The summed E-state index contributed by atoms with van der Waals surface area (Å²) in [6, 6.07) is 36.6. The van der Waals surface area contributed by atoms with E-state index in [0.29, 0.717) is 0 Å². The highest BCUT2D eigenvalue weighted by atomic mass is 14.7. The highest BCUT2D eigenvalue weighted by molar-refractivity contribution is 6.21. The van der Waals surface area contributed by atoms with Crippen LogP contribution in [0.2, 0.25) is 0 Å². The third kappa shape index (κ3) is 3.18. The van der Waals surface area contributed by atoms with E-state index in [1.165, 1.54) is 49.0 Å². The molecule has 0 amide bonds. The summed E-state index contributed by atoms with van der Waals surface area (Å²) in [4.78, 5) is 9.86. The fraction of sp³-hybridized carbons (Fsp3) is 0.0303. The maximum absolute atomic E-state index is 4.93. The second-order valence-electron chi connectivity index (χ2n) is 9.18. The minimum atomic E-state index is 0.992. The summed E-state index contributed by atoms with van der Waals surface area (Å²) < 4.78 is 0. The average Bonchev–Trinajstić information content (AvgIpc) is 2.91.